The molecule has 0 bridgehead atoms. The lowest BCUT2D eigenvalue weighted by molar-refractivity contribution is -0.0656. The molecule has 2 N–H and O–H groups in total. The monoisotopic (exact) mass is 318 g/mol. The molecule has 2 aliphatic rings. The number of ether oxygens (including phenoxy) is 1. The van der Waals surface area contributed by atoms with Crippen LogP contribution in [0.2, 0.25) is 0 Å². The van der Waals surface area contributed by atoms with Gasteiger partial charge in [-0.05, 0) is 36.5 Å². The summed E-state index contributed by atoms with van der Waals surface area (Å²) in [4.78, 5) is 14.1. The Balaban J connectivity index is 1.54. The summed E-state index contributed by atoms with van der Waals surface area (Å²) in [6.07, 6.45) is 3.37. The van der Waals surface area contributed by atoms with Gasteiger partial charge in [0, 0.05) is 19.0 Å². The van der Waals surface area contributed by atoms with E-state index in [9.17, 15) is 9.90 Å². The van der Waals surface area contributed by atoms with Gasteiger partial charge in [0.2, 0.25) is 0 Å². The summed E-state index contributed by atoms with van der Waals surface area (Å²) in [5.74, 6) is 1.30. The largest absolute Gasteiger partial charge is 0.497 e. The number of β-amino-alcohol motifs (C(OH)–C–C–N with tert-alkyl or cyclic N) is 1. The second-order valence-corrected chi connectivity index (χ2v) is 6.91. The third kappa shape index (κ3) is 3.15. The lowest BCUT2D eigenvalue weighted by Crippen LogP contribution is -2.48. The van der Waals surface area contributed by atoms with Crippen LogP contribution in [0.4, 0.5) is 4.79 Å². The lowest BCUT2D eigenvalue weighted by atomic mass is 9.69. The van der Waals surface area contributed by atoms with Crippen molar-refractivity contribution in [1.29, 1.82) is 0 Å². The highest BCUT2D eigenvalue weighted by Crippen LogP contribution is 2.44. The summed E-state index contributed by atoms with van der Waals surface area (Å²) in [6, 6.07) is 7.55. The van der Waals surface area contributed by atoms with Gasteiger partial charge in [-0.1, -0.05) is 25.5 Å². The number of rotatable bonds is 4. The zero-order valence-electron chi connectivity index (χ0n) is 13.9. The molecule has 0 aromatic heterocycles. The maximum absolute atomic E-state index is 12.4. The predicted molar refractivity (Wildman–Crippen MR) is 88.3 cm³/mol. The number of carbonyl (C=O) groups is 1. The molecule has 3 rings (SSSR count). The number of amides is 2. The van der Waals surface area contributed by atoms with Crippen molar-refractivity contribution in [3.63, 3.8) is 0 Å². The van der Waals surface area contributed by atoms with Crippen molar-refractivity contribution in [2.75, 3.05) is 20.2 Å². The first-order valence-corrected chi connectivity index (χ1v) is 8.41. The Morgan fingerprint density at radius 2 is 2.09 bits per heavy atom. The summed E-state index contributed by atoms with van der Waals surface area (Å²) in [5.41, 5.74) is 0.330. The molecule has 0 radical (unpaired) electrons. The van der Waals surface area contributed by atoms with Crippen LogP contribution in [0.15, 0.2) is 24.3 Å². The number of nitrogens with one attached hydrogen (secondary N) is 1. The Morgan fingerprint density at radius 3 is 2.65 bits per heavy atom. The molecule has 23 heavy (non-hydrogen) atoms. The molecule has 2 amide bonds. The van der Waals surface area contributed by atoms with Crippen LogP contribution < -0.4 is 10.1 Å². The summed E-state index contributed by atoms with van der Waals surface area (Å²) in [5, 5.41) is 13.9. The second kappa shape index (κ2) is 6.40. The highest BCUT2D eigenvalue weighted by molar-refractivity contribution is 5.74. The number of hydrogen-bond donors (Lipinski definition) is 2. The number of carbonyl (C=O) groups excluding carboxylic acids is 1. The van der Waals surface area contributed by atoms with Crippen LogP contribution in [0.5, 0.6) is 5.75 Å². The number of aliphatic hydroxyl groups is 1. The third-order valence-corrected chi connectivity index (χ3v) is 5.49. The quantitative estimate of drug-likeness (QED) is 0.896. The predicted octanol–water partition coefficient (Wildman–Crippen LogP) is 2.39. The van der Waals surface area contributed by atoms with Gasteiger partial charge in [0.05, 0.1) is 19.3 Å². The van der Waals surface area contributed by atoms with Crippen LogP contribution in [0.3, 0.4) is 0 Å². The fourth-order valence-electron chi connectivity index (χ4n) is 3.64. The molecule has 2 atom stereocenters. The molecule has 1 aromatic carbocycles. The van der Waals surface area contributed by atoms with Crippen LogP contribution in [-0.2, 0) is 6.54 Å². The van der Waals surface area contributed by atoms with E-state index in [0.717, 1.165) is 24.2 Å². The first kappa shape index (κ1) is 16.1. The molecule has 1 aromatic rings. The summed E-state index contributed by atoms with van der Waals surface area (Å²) in [7, 11) is 1.63. The van der Waals surface area contributed by atoms with Crippen molar-refractivity contribution < 1.29 is 14.6 Å². The van der Waals surface area contributed by atoms with Crippen molar-refractivity contribution >= 4 is 6.03 Å². The van der Waals surface area contributed by atoms with Gasteiger partial charge in [0.15, 0.2) is 0 Å². The highest BCUT2D eigenvalue weighted by atomic mass is 16.5. The maximum Gasteiger partial charge on any atom is 0.317 e. The van der Waals surface area contributed by atoms with Crippen molar-refractivity contribution in [2.24, 2.45) is 11.8 Å². The van der Waals surface area contributed by atoms with E-state index in [1.807, 2.05) is 24.3 Å². The summed E-state index contributed by atoms with van der Waals surface area (Å²) < 4.78 is 5.13. The zero-order valence-corrected chi connectivity index (χ0v) is 13.9. The number of urea groups is 1. The van der Waals surface area contributed by atoms with E-state index in [0.29, 0.717) is 25.6 Å². The Kier molecular flexibility index (Phi) is 4.48. The van der Waals surface area contributed by atoms with Gasteiger partial charge < -0.3 is 20.1 Å². The van der Waals surface area contributed by atoms with Gasteiger partial charge in [0.1, 0.15) is 5.75 Å². The van der Waals surface area contributed by atoms with Gasteiger partial charge >= 0.3 is 6.03 Å². The van der Waals surface area contributed by atoms with E-state index < -0.39 is 5.60 Å². The number of methoxy groups -OCH3 is 1. The Labute approximate surface area is 137 Å². The van der Waals surface area contributed by atoms with Crippen LogP contribution in [0.1, 0.15) is 31.7 Å². The molecule has 1 saturated heterocycles. The van der Waals surface area contributed by atoms with Crippen LogP contribution >= 0.6 is 0 Å². The molecule has 126 valence electrons. The van der Waals surface area contributed by atoms with Crippen molar-refractivity contribution in [1.82, 2.24) is 10.2 Å². The molecular formula is C18H26N2O3. The fraction of sp³-hybridized carbons (Fsp3) is 0.611. The van der Waals surface area contributed by atoms with Gasteiger partial charge in [0.25, 0.3) is 0 Å². The minimum atomic E-state index is -0.699. The summed E-state index contributed by atoms with van der Waals surface area (Å²) in [6.45, 7) is 3.61. The molecule has 5 heteroatoms. The van der Waals surface area contributed by atoms with E-state index in [-0.39, 0.29) is 11.9 Å². The van der Waals surface area contributed by atoms with E-state index in [1.165, 1.54) is 6.42 Å². The molecule has 0 spiro atoms. The Hall–Kier alpha value is -1.75. The smallest absolute Gasteiger partial charge is 0.317 e. The normalized spacial score (nSPS) is 27.6. The second-order valence-electron chi connectivity index (χ2n) is 6.91. The van der Waals surface area contributed by atoms with Crippen molar-refractivity contribution in [3.8, 4) is 5.75 Å². The Bertz CT molecular complexity index is 556. The molecule has 2 fully saturated rings. The van der Waals surface area contributed by atoms with Crippen LogP contribution in [-0.4, -0.2) is 41.8 Å². The molecule has 1 heterocycles. The fourth-order valence-corrected chi connectivity index (χ4v) is 3.64. The number of hydrogen-bond acceptors (Lipinski definition) is 3. The average Bonchev–Trinajstić information content (AvgIpc) is 2.79. The molecule has 1 aliphatic carbocycles. The van der Waals surface area contributed by atoms with Crippen molar-refractivity contribution in [3.05, 3.63) is 29.8 Å². The van der Waals surface area contributed by atoms with E-state index in [1.54, 1.807) is 12.0 Å². The SMILES string of the molecule is COc1ccc(CNC(=O)N2CC(C)C(O)(C3CCC3)C2)cc1. The van der Waals surface area contributed by atoms with Gasteiger partial charge in [-0.25, -0.2) is 4.79 Å². The highest BCUT2D eigenvalue weighted by Gasteiger charge is 2.50. The number of nitrogens with zero attached hydrogens (tertiary/aromatic N) is 1. The minimum Gasteiger partial charge on any atom is -0.497 e. The maximum atomic E-state index is 12.4. The first-order chi connectivity index (χ1) is 11.0. The molecule has 2 unspecified atom stereocenters. The van der Waals surface area contributed by atoms with Crippen molar-refractivity contribution in [2.45, 2.75) is 38.3 Å². The van der Waals surface area contributed by atoms with Crippen LogP contribution in [0, 0.1) is 11.8 Å². The van der Waals surface area contributed by atoms with E-state index >= 15 is 0 Å². The summed E-state index contributed by atoms with van der Waals surface area (Å²) >= 11 is 0. The standard InChI is InChI=1S/C18H26N2O3/c1-13-11-20(12-18(13,22)15-4-3-5-15)17(21)19-10-14-6-8-16(23-2)9-7-14/h6-9,13,15,22H,3-5,10-12H2,1-2H3,(H,19,21). The minimum absolute atomic E-state index is 0.0945. The molecule has 1 saturated carbocycles. The van der Waals surface area contributed by atoms with Crippen LogP contribution in [0.25, 0.3) is 0 Å². The van der Waals surface area contributed by atoms with E-state index in [4.69, 9.17) is 4.74 Å². The van der Waals surface area contributed by atoms with Gasteiger partial charge in [-0.15, -0.1) is 0 Å². The van der Waals surface area contributed by atoms with Gasteiger partial charge in [-0.3, -0.25) is 0 Å². The first-order valence-electron chi connectivity index (χ1n) is 8.41. The number of benzene rings is 1. The average molecular weight is 318 g/mol. The molecule has 1 aliphatic heterocycles. The lowest BCUT2D eigenvalue weighted by Gasteiger charge is -2.41. The third-order valence-electron chi connectivity index (χ3n) is 5.49. The number of likely N-dealkylation sites (tertiary alicyclic amines) is 1. The topological polar surface area (TPSA) is 61.8 Å². The van der Waals surface area contributed by atoms with Gasteiger partial charge in [-0.2, -0.15) is 0 Å². The Morgan fingerprint density at radius 1 is 1.39 bits per heavy atom. The molecule has 5 nitrogen and oxygen atoms in total. The van der Waals surface area contributed by atoms with E-state index in [2.05, 4.69) is 12.2 Å². The molecular weight excluding hydrogens is 292 g/mol. The zero-order chi connectivity index (χ0) is 16.4.